The van der Waals surface area contributed by atoms with Crippen LogP contribution < -0.4 is 5.32 Å². The molecule has 1 N–H and O–H groups in total. The number of carbonyl (C=O) groups is 1. The van der Waals surface area contributed by atoms with E-state index < -0.39 is 10.0 Å². The number of carbonyl (C=O) groups excluding carboxylic acids is 1. The highest BCUT2D eigenvalue weighted by atomic mass is 32.2. The van der Waals surface area contributed by atoms with Gasteiger partial charge in [-0.2, -0.15) is 4.31 Å². The monoisotopic (exact) mass is 355 g/mol. The minimum atomic E-state index is -3.43. The van der Waals surface area contributed by atoms with Gasteiger partial charge in [-0.25, -0.2) is 8.42 Å². The number of hydrogen-bond donors (Lipinski definition) is 1. The molecular formula is C16H25N3O4S. The summed E-state index contributed by atoms with van der Waals surface area (Å²) in [5.74, 6) is -0.300. The molecule has 0 bridgehead atoms. The number of hydrogen-bond acceptors (Lipinski definition) is 5. The fourth-order valence-electron chi connectivity index (χ4n) is 2.45. The third kappa shape index (κ3) is 6.56. The van der Waals surface area contributed by atoms with Crippen LogP contribution in [-0.2, 0) is 26.1 Å². The van der Waals surface area contributed by atoms with Crippen molar-refractivity contribution in [2.75, 3.05) is 52.2 Å². The number of benzene rings is 1. The average molecular weight is 355 g/mol. The molecule has 1 aromatic rings. The maximum absolute atomic E-state index is 12.1. The Morgan fingerprint density at radius 2 is 1.92 bits per heavy atom. The van der Waals surface area contributed by atoms with Crippen LogP contribution in [0.3, 0.4) is 0 Å². The summed E-state index contributed by atoms with van der Waals surface area (Å²) in [4.78, 5) is 14.2. The Morgan fingerprint density at radius 3 is 2.54 bits per heavy atom. The molecule has 1 heterocycles. The van der Waals surface area contributed by atoms with Gasteiger partial charge in [0.15, 0.2) is 0 Å². The second-order valence-corrected chi connectivity index (χ2v) is 7.80. The molecule has 134 valence electrons. The van der Waals surface area contributed by atoms with Crippen LogP contribution in [0.4, 0.5) is 0 Å². The van der Waals surface area contributed by atoms with Gasteiger partial charge in [0.25, 0.3) is 0 Å². The molecule has 0 atom stereocenters. The van der Waals surface area contributed by atoms with Crippen molar-refractivity contribution in [1.82, 2.24) is 14.5 Å². The smallest absolute Gasteiger partial charge is 0.235 e. The minimum Gasteiger partial charge on any atom is -0.379 e. The Labute approximate surface area is 143 Å². The minimum absolute atomic E-state index is 0.157. The van der Waals surface area contributed by atoms with Crippen LogP contribution in [0.15, 0.2) is 30.3 Å². The molecule has 1 aromatic carbocycles. The van der Waals surface area contributed by atoms with E-state index in [4.69, 9.17) is 4.74 Å². The zero-order valence-electron chi connectivity index (χ0n) is 14.0. The maximum Gasteiger partial charge on any atom is 0.235 e. The van der Waals surface area contributed by atoms with Crippen LogP contribution >= 0.6 is 0 Å². The van der Waals surface area contributed by atoms with Crippen LogP contribution in [0.5, 0.6) is 0 Å². The molecular weight excluding hydrogens is 330 g/mol. The Hall–Kier alpha value is -1.48. The van der Waals surface area contributed by atoms with E-state index in [2.05, 4.69) is 10.2 Å². The average Bonchev–Trinajstić information content (AvgIpc) is 2.57. The number of morpholine rings is 1. The third-order valence-electron chi connectivity index (χ3n) is 3.89. The standard InChI is InChI=1S/C16H25N3O4S/c1-24(21,22)19(8-7-18-9-11-23-12-10-18)14-16(20)17-13-15-5-3-2-4-6-15/h2-6H,7-14H2,1H3,(H,17,20). The lowest BCUT2D eigenvalue weighted by Gasteiger charge is -2.29. The number of ether oxygens (including phenoxy) is 1. The molecule has 1 aliphatic rings. The molecule has 0 saturated carbocycles. The van der Waals surface area contributed by atoms with Gasteiger partial charge in [-0.1, -0.05) is 30.3 Å². The normalized spacial score (nSPS) is 16.2. The van der Waals surface area contributed by atoms with Gasteiger partial charge in [-0.3, -0.25) is 9.69 Å². The first kappa shape index (κ1) is 18.9. The summed E-state index contributed by atoms with van der Waals surface area (Å²) in [6.07, 6.45) is 1.14. The lowest BCUT2D eigenvalue weighted by Crippen LogP contribution is -2.45. The summed E-state index contributed by atoms with van der Waals surface area (Å²) in [6, 6.07) is 9.52. The number of nitrogens with one attached hydrogen (secondary N) is 1. The molecule has 1 saturated heterocycles. The van der Waals surface area contributed by atoms with E-state index in [1.807, 2.05) is 30.3 Å². The fraction of sp³-hybridized carbons (Fsp3) is 0.562. The first-order chi connectivity index (χ1) is 11.4. The van der Waals surface area contributed by atoms with Crippen LogP contribution in [0, 0.1) is 0 Å². The summed E-state index contributed by atoms with van der Waals surface area (Å²) >= 11 is 0. The predicted octanol–water partition coefficient (Wildman–Crippen LogP) is -0.103. The maximum atomic E-state index is 12.1. The number of sulfonamides is 1. The number of nitrogens with zero attached hydrogens (tertiary/aromatic N) is 2. The van der Waals surface area contributed by atoms with Gasteiger partial charge >= 0.3 is 0 Å². The van der Waals surface area contributed by atoms with Crippen LogP contribution in [0.25, 0.3) is 0 Å². The molecule has 0 aromatic heterocycles. The molecule has 1 fully saturated rings. The van der Waals surface area contributed by atoms with Crippen LogP contribution in [0.1, 0.15) is 5.56 Å². The number of rotatable bonds is 8. The van der Waals surface area contributed by atoms with E-state index in [9.17, 15) is 13.2 Å². The van der Waals surface area contributed by atoms with Crippen molar-refractivity contribution in [3.05, 3.63) is 35.9 Å². The van der Waals surface area contributed by atoms with E-state index >= 15 is 0 Å². The van der Waals surface area contributed by atoms with Crippen molar-refractivity contribution in [1.29, 1.82) is 0 Å². The molecule has 8 heteroatoms. The van der Waals surface area contributed by atoms with Crippen LogP contribution in [0.2, 0.25) is 0 Å². The van der Waals surface area contributed by atoms with Gasteiger partial charge in [0.2, 0.25) is 15.9 Å². The number of amides is 1. The Bertz CT molecular complexity index is 615. The van der Waals surface area contributed by atoms with E-state index in [-0.39, 0.29) is 12.5 Å². The molecule has 0 unspecified atom stereocenters. The largest absolute Gasteiger partial charge is 0.379 e. The van der Waals surface area contributed by atoms with E-state index in [0.29, 0.717) is 32.8 Å². The first-order valence-electron chi connectivity index (χ1n) is 8.01. The van der Waals surface area contributed by atoms with Crippen molar-refractivity contribution >= 4 is 15.9 Å². The predicted molar refractivity (Wildman–Crippen MR) is 92.0 cm³/mol. The van der Waals surface area contributed by atoms with E-state index in [1.54, 1.807) is 0 Å². The zero-order chi connectivity index (χ0) is 17.4. The summed E-state index contributed by atoms with van der Waals surface area (Å²) in [7, 11) is -3.43. The van der Waals surface area contributed by atoms with Crippen molar-refractivity contribution in [3.63, 3.8) is 0 Å². The van der Waals surface area contributed by atoms with Crippen molar-refractivity contribution in [2.45, 2.75) is 6.54 Å². The lowest BCUT2D eigenvalue weighted by molar-refractivity contribution is -0.121. The highest BCUT2D eigenvalue weighted by molar-refractivity contribution is 7.88. The van der Waals surface area contributed by atoms with Gasteiger partial charge in [-0.05, 0) is 5.56 Å². The van der Waals surface area contributed by atoms with E-state index in [0.717, 1.165) is 24.9 Å². The molecule has 0 aliphatic carbocycles. The Balaban J connectivity index is 1.82. The third-order valence-corrected chi connectivity index (χ3v) is 5.14. The quantitative estimate of drug-likeness (QED) is 0.704. The van der Waals surface area contributed by atoms with Gasteiger partial charge < -0.3 is 10.1 Å². The van der Waals surface area contributed by atoms with Crippen LogP contribution in [-0.4, -0.2) is 75.7 Å². The van der Waals surface area contributed by atoms with Gasteiger partial charge in [0.1, 0.15) is 0 Å². The lowest BCUT2D eigenvalue weighted by atomic mass is 10.2. The van der Waals surface area contributed by atoms with E-state index in [1.165, 1.54) is 4.31 Å². The second kappa shape index (κ2) is 9.12. The summed E-state index contributed by atoms with van der Waals surface area (Å²) < 4.78 is 30.3. The molecule has 0 radical (unpaired) electrons. The van der Waals surface area contributed by atoms with Gasteiger partial charge in [0, 0.05) is 32.7 Å². The fourth-order valence-corrected chi connectivity index (χ4v) is 3.22. The van der Waals surface area contributed by atoms with Crippen molar-refractivity contribution < 1.29 is 17.9 Å². The molecule has 2 rings (SSSR count). The summed E-state index contributed by atoms with van der Waals surface area (Å²) in [5, 5.41) is 2.76. The SMILES string of the molecule is CS(=O)(=O)N(CCN1CCOCC1)CC(=O)NCc1ccccc1. The molecule has 1 amide bonds. The second-order valence-electron chi connectivity index (χ2n) is 5.81. The van der Waals surface area contributed by atoms with Crippen molar-refractivity contribution in [3.8, 4) is 0 Å². The first-order valence-corrected chi connectivity index (χ1v) is 9.86. The van der Waals surface area contributed by atoms with Gasteiger partial charge in [-0.15, -0.1) is 0 Å². The highest BCUT2D eigenvalue weighted by Crippen LogP contribution is 2.02. The molecule has 24 heavy (non-hydrogen) atoms. The molecule has 7 nitrogen and oxygen atoms in total. The summed E-state index contributed by atoms with van der Waals surface area (Å²) in [6.45, 7) is 4.04. The van der Waals surface area contributed by atoms with Crippen molar-refractivity contribution in [2.24, 2.45) is 0 Å². The Morgan fingerprint density at radius 1 is 1.25 bits per heavy atom. The Kier molecular flexibility index (Phi) is 7.16. The molecule has 0 spiro atoms. The zero-order valence-corrected chi connectivity index (χ0v) is 14.8. The topological polar surface area (TPSA) is 79.0 Å². The highest BCUT2D eigenvalue weighted by Gasteiger charge is 2.21. The molecule has 1 aliphatic heterocycles. The summed E-state index contributed by atoms with van der Waals surface area (Å²) in [5.41, 5.74) is 0.977. The van der Waals surface area contributed by atoms with Gasteiger partial charge in [0.05, 0.1) is 26.0 Å².